The van der Waals surface area contributed by atoms with Crippen molar-refractivity contribution in [3.63, 3.8) is 0 Å². The summed E-state index contributed by atoms with van der Waals surface area (Å²) in [5.74, 6) is 0.588. The Bertz CT molecular complexity index is 958. The number of ether oxygens (including phenoxy) is 2. The fraction of sp³-hybridized carbons (Fsp3) is 0.316. The van der Waals surface area contributed by atoms with Crippen molar-refractivity contribution in [1.82, 2.24) is 4.72 Å². The van der Waals surface area contributed by atoms with Crippen LogP contribution in [0.3, 0.4) is 0 Å². The van der Waals surface area contributed by atoms with E-state index in [-0.39, 0.29) is 18.0 Å². The molecule has 1 aliphatic heterocycles. The van der Waals surface area contributed by atoms with Crippen LogP contribution in [0, 0.1) is 13.8 Å². The predicted molar refractivity (Wildman–Crippen MR) is 102 cm³/mol. The first-order valence-corrected chi connectivity index (χ1v) is 9.97. The number of hydrogen-bond acceptors (Lipinski definition) is 5. The maximum Gasteiger partial charge on any atom is 0.414 e. The van der Waals surface area contributed by atoms with Gasteiger partial charge in [-0.05, 0) is 55.3 Å². The lowest BCUT2D eigenvalue weighted by molar-refractivity contribution is 0.143. The number of carbonyl (C=O) groups excluding carboxylic acids is 1. The number of amides is 1. The average molecular weight is 390 g/mol. The molecule has 0 saturated carbocycles. The highest BCUT2D eigenvalue weighted by Gasteiger charge is 2.33. The van der Waals surface area contributed by atoms with E-state index in [1.165, 1.54) is 18.1 Å². The second kappa shape index (κ2) is 7.58. The summed E-state index contributed by atoms with van der Waals surface area (Å²) in [5.41, 5.74) is 2.34. The van der Waals surface area contributed by atoms with Crippen molar-refractivity contribution in [2.24, 2.45) is 0 Å². The molecule has 3 rings (SSSR count). The van der Waals surface area contributed by atoms with Gasteiger partial charge in [0.05, 0.1) is 18.6 Å². The highest BCUT2D eigenvalue weighted by molar-refractivity contribution is 7.89. The summed E-state index contributed by atoms with van der Waals surface area (Å²) in [4.78, 5) is 13.8. The molecule has 2 aromatic rings. The van der Waals surface area contributed by atoms with Gasteiger partial charge in [-0.1, -0.05) is 12.1 Å². The number of sulfonamides is 1. The Balaban J connectivity index is 1.67. The van der Waals surface area contributed by atoms with Crippen LogP contribution in [0.2, 0.25) is 0 Å². The number of nitrogens with one attached hydrogen (secondary N) is 1. The van der Waals surface area contributed by atoms with Gasteiger partial charge in [0.2, 0.25) is 10.0 Å². The minimum atomic E-state index is -3.73. The molecule has 1 aliphatic rings. The third kappa shape index (κ3) is 4.23. The predicted octanol–water partition coefficient (Wildman–Crippen LogP) is 2.62. The maximum absolute atomic E-state index is 12.6. The number of methoxy groups -OCH3 is 1. The molecule has 1 amide bonds. The van der Waals surface area contributed by atoms with E-state index in [0.29, 0.717) is 11.3 Å². The van der Waals surface area contributed by atoms with Gasteiger partial charge < -0.3 is 9.47 Å². The zero-order chi connectivity index (χ0) is 19.6. The molecule has 0 aromatic heterocycles. The van der Waals surface area contributed by atoms with Gasteiger partial charge in [0.25, 0.3) is 0 Å². The zero-order valence-electron chi connectivity index (χ0n) is 15.4. The van der Waals surface area contributed by atoms with E-state index in [4.69, 9.17) is 9.47 Å². The van der Waals surface area contributed by atoms with Crippen LogP contribution in [0.5, 0.6) is 5.75 Å². The van der Waals surface area contributed by atoms with E-state index in [1.54, 1.807) is 19.1 Å². The van der Waals surface area contributed by atoms with Crippen LogP contribution in [0.25, 0.3) is 0 Å². The van der Waals surface area contributed by atoms with E-state index in [0.717, 1.165) is 11.3 Å². The molecule has 1 heterocycles. The molecule has 7 nitrogen and oxygen atoms in total. The molecule has 1 fully saturated rings. The molecule has 1 saturated heterocycles. The largest absolute Gasteiger partial charge is 0.497 e. The second-order valence-corrected chi connectivity index (χ2v) is 8.17. The summed E-state index contributed by atoms with van der Waals surface area (Å²) in [6, 6.07) is 12.3. The number of carbonyl (C=O) groups is 1. The maximum atomic E-state index is 12.6. The number of nitrogens with zero attached hydrogens (tertiary/aromatic N) is 1. The van der Waals surface area contributed by atoms with Crippen LogP contribution in [0.1, 0.15) is 11.1 Å². The molecule has 0 bridgehead atoms. The van der Waals surface area contributed by atoms with Gasteiger partial charge >= 0.3 is 6.09 Å². The van der Waals surface area contributed by atoms with Gasteiger partial charge in [0, 0.05) is 12.2 Å². The van der Waals surface area contributed by atoms with Crippen LogP contribution in [0.4, 0.5) is 10.5 Å². The first-order chi connectivity index (χ1) is 12.8. The molecule has 1 unspecified atom stereocenters. The summed E-state index contributed by atoms with van der Waals surface area (Å²) >= 11 is 0. The van der Waals surface area contributed by atoms with Crippen LogP contribution in [0.15, 0.2) is 47.4 Å². The number of benzene rings is 2. The first kappa shape index (κ1) is 19.2. The molecule has 8 heteroatoms. The Morgan fingerprint density at radius 2 is 2.00 bits per heavy atom. The summed E-state index contributed by atoms with van der Waals surface area (Å²) in [5, 5.41) is 0. The van der Waals surface area contributed by atoms with Crippen molar-refractivity contribution < 1.29 is 22.7 Å². The van der Waals surface area contributed by atoms with Crippen LogP contribution >= 0.6 is 0 Å². The SMILES string of the molecule is COc1ccc(S(=O)(=O)NCC2CN(c3cccc(C)c3)C(=O)O2)c(C)c1. The van der Waals surface area contributed by atoms with Gasteiger partial charge in [-0.25, -0.2) is 17.9 Å². The highest BCUT2D eigenvalue weighted by atomic mass is 32.2. The molecule has 0 radical (unpaired) electrons. The Labute approximate surface area is 158 Å². The molecule has 2 aromatic carbocycles. The standard InChI is InChI=1S/C19H22N2O5S/c1-13-5-4-6-15(9-13)21-12-17(26-19(21)22)11-20-27(23,24)18-8-7-16(25-3)10-14(18)2/h4-10,17,20H,11-12H2,1-3H3. The quantitative estimate of drug-likeness (QED) is 0.820. The number of hydrogen-bond donors (Lipinski definition) is 1. The van der Waals surface area contributed by atoms with Crippen molar-refractivity contribution in [1.29, 1.82) is 0 Å². The van der Waals surface area contributed by atoms with Gasteiger partial charge in [-0.3, -0.25) is 4.90 Å². The monoisotopic (exact) mass is 390 g/mol. The molecule has 1 atom stereocenters. The normalized spacial score (nSPS) is 17.1. The van der Waals surface area contributed by atoms with Crippen molar-refractivity contribution in [3.05, 3.63) is 53.6 Å². The third-order valence-electron chi connectivity index (χ3n) is 4.36. The molecule has 27 heavy (non-hydrogen) atoms. The smallest absolute Gasteiger partial charge is 0.414 e. The van der Waals surface area contributed by atoms with Gasteiger partial charge in [-0.15, -0.1) is 0 Å². The molecular weight excluding hydrogens is 368 g/mol. The Kier molecular flexibility index (Phi) is 5.38. The Hall–Kier alpha value is -2.58. The third-order valence-corrected chi connectivity index (χ3v) is 5.94. The van der Waals surface area contributed by atoms with Crippen LogP contribution in [-0.4, -0.2) is 40.8 Å². The van der Waals surface area contributed by atoms with Crippen molar-refractivity contribution in [2.45, 2.75) is 24.8 Å². The highest BCUT2D eigenvalue weighted by Crippen LogP contribution is 2.23. The van der Waals surface area contributed by atoms with E-state index in [9.17, 15) is 13.2 Å². The van der Waals surface area contributed by atoms with Crippen molar-refractivity contribution in [3.8, 4) is 5.75 Å². The molecular formula is C19H22N2O5S. The minimum Gasteiger partial charge on any atom is -0.497 e. The number of cyclic esters (lactones) is 1. The van der Waals surface area contributed by atoms with Crippen LogP contribution < -0.4 is 14.4 Å². The molecule has 1 N–H and O–H groups in total. The lowest BCUT2D eigenvalue weighted by atomic mass is 10.2. The Morgan fingerprint density at radius 3 is 2.67 bits per heavy atom. The molecule has 0 aliphatic carbocycles. The van der Waals surface area contributed by atoms with Crippen LogP contribution in [-0.2, 0) is 14.8 Å². The van der Waals surface area contributed by atoms with Crippen molar-refractivity contribution in [2.75, 3.05) is 25.1 Å². The summed E-state index contributed by atoms with van der Waals surface area (Å²) < 4.78 is 38.1. The topological polar surface area (TPSA) is 84.9 Å². The van der Waals surface area contributed by atoms with E-state index in [2.05, 4.69) is 4.72 Å². The van der Waals surface area contributed by atoms with Gasteiger partial charge in [0.1, 0.15) is 11.9 Å². The number of anilines is 1. The van der Waals surface area contributed by atoms with Crippen molar-refractivity contribution >= 4 is 21.8 Å². The second-order valence-electron chi connectivity index (χ2n) is 6.44. The molecule has 0 spiro atoms. The fourth-order valence-corrected chi connectivity index (χ4v) is 4.26. The fourth-order valence-electron chi connectivity index (χ4n) is 2.97. The lowest BCUT2D eigenvalue weighted by Gasteiger charge is -2.14. The summed E-state index contributed by atoms with van der Waals surface area (Å²) in [7, 11) is -2.20. The van der Waals surface area contributed by atoms with Gasteiger partial charge in [0.15, 0.2) is 0 Å². The van der Waals surface area contributed by atoms with E-state index in [1.807, 2.05) is 31.2 Å². The number of rotatable bonds is 6. The summed E-state index contributed by atoms with van der Waals surface area (Å²) in [6.45, 7) is 3.92. The number of aryl methyl sites for hydroxylation is 2. The summed E-state index contributed by atoms with van der Waals surface area (Å²) in [6.07, 6.45) is -1.04. The first-order valence-electron chi connectivity index (χ1n) is 8.49. The van der Waals surface area contributed by atoms with E-state index < -0.39 is 22.2 Å². The van der Waals surface area contributed by atoms with Gasteiger partial charge in [-0.2, -0.15) is 0 Å². The lowest BCUT2D eigenvalue weighted by Crippen LogP contribution is -2.34. The Morgan fingerprint density at radius 1 is 1.22 bits per heavy atom. The minimum absolute atomic E-state index is 0.00184. The molecule has 144 valence electrons. The average Bonchev–Trinajstić information content (AvgIpc) is 3.00. The van der Waals surface area contributed by atoms with E-state index >= 15 is 0 Å². The zero-order valence-corrected chi connectivity index (χ0v) is 16.2.